The van der Waals surface area contributed by atoms with Crippen LogP contribution in [0.5, 0.6) is 0 Å². The Balaban J connectivity index is 1.55. The van der Waals surface area contributed by atoms with Gasteiger partial charge in [-0.05, 0) is 54.6 Å². The molecule has 2 heterocycles. The van der Waals surface area contributed by atoms with Gasteiger partial charge in [-0.15, -0.1) is 0 Å². The van der Waals surface area contributed by atoms with E-state index in [0.717, 1.165) is 5.56 Å². The Morgan fingerprint density at radius 3 is 2.19 bits per heavy atom. The van der Waals surface area contributed by atoms with Gasteiger partial charge in [-0.2, -0.15) is 0 Å². The molecule has 4 rings (SSSR count). The molecule has 154 valence electrons. The smallest absolute Gasteiger partial charge is 0.323 e. The number of hydrogen-bond acceptors (Lipinski definition) is 4. The minimum absolute atomic E-state index is 0.247. The van der Waals surface area contributed by atoms with Gasteiger partial charge in [-0.3, -0.25) is 9.78 Å². The predicted octanol–water partition coefficient (Wildman–Crippen LogP) is 4.44. The number of aromatic nitrogens is 2. The molecule has 0 aliphatic carbocycles. The van der Waals surface area contributed by atoms with E-state index in [-0.39, 0.29) is 11.7 Å². The monoisotopic (exact) mass is 415 g/mol. The minimum Gasteiger partial charge on any atom is -0.355 e. The zero-order chi connectivity index (χ0) is 21.8. The molecule has 7 nitrogen and oxygen atoms in total. The first-order valence-electron chi connectivity index (χ1n) is 9.45. The van der Waals surface area contributed by atoms with Crippen LogP contribution in [0.2, 0.25) is 0 Å². The molecule has 31 heavy (non-hydrogen) atoms. The van der Waals surface area contributed by atoms with Crippen molar-refractivity contribution in [2.24, 2.45) is 0 Å². The van der Waals surface area contributed by atoms with Gasteiger partial charge in [0.25, 0.3) is 5.91 Å². The first-order chi connectivity index (χ1) is 15.0. The number of urea groups is 1. The third-order valence-electron chi connectivity index (χ3n) is 4.58. The molecular formula is C23H18FN5O2. The maximum absolute atomic E-state index is 13.0. The van der Waals surface area contributed by atoms with Crippen molar-refractivity contribution in [1.29, 1.82) is 0 Å². The van der Waals surface area contributed by atoms with E-state index in [4.69, 9.17) is 0 Å². The maximum atomic E-state index is 13.0. The lowest BCUT2D eigenvalue weighted by atomic mass is 10.1. The first kappa shape index (κ1) is 20.0. The number of anilines is 2. The number of benzene rings is 2. The Labute approximate surface area is 177 Å². The fourth-order valence-electron chi connectivity index (χ4n) is 3.07. The molecule has 0 aliphatic heterocycles. The van der Waals surface area contributed by atoms with E-state index in [2.05, 4.69) is 25.9 Å². The van der Waals surface area contributed by atoms with Crippen LogP contribution in [0.15, 0.2) is 72.9 Å². The zero-order valence-corrected chi connectivity index (χ0v) is 16.5. The molecule has 3 amide bonds. The standard InChI is InChI=1S/C23H18FN5O2/c1-25-22(30)18-13-20(29-19-3-2-12-26-21(18)19)14-4-8-16(9-5-14)27-23(31)28-17-10-6-15(24)7-11-17/h2-13H,1H3,(H,25,30)(H2,27,28,31). The lowest BCUT2D eigenvalue weighted by molar-refractivity contribution is 0.0964. The number of pyridine rings is 2. The van der Waals surface area contributed by atoms with E-state index >= 15 is 0 Å². The summed E-state index contributed by atoms with van der Waals surface area (Å²) >= 11 is 0. The number of nitrogens with one attached hydrogen (secondary N) is 3. The fourth-order valence-corrected chi connectivity index (χ4v) is 3.07. The Morgan fingerprint density at radius 2 is 1.55 bits per heavy atom. The van der Waals surface area contributed by atoms with Gasteiger partial charge in [-0.1, -0.05) is 12.1 Å². The van der Waals surface area contributed by atoms with Crippen LogP contribution < -0.4 is 16.0 Å². The van der Waals surface area contributed by atoms with E-state index in [1.807, 2.05) is 0 Å². The van der Waals surface area contributed by atoms with Gasteiger partial charge in [-0.25, -0.2) is 14.2 Å². The van der Waals surface area contributed by atoms with Crippen molar-refractivity contribution in [3.8, 4) is 11.3 Å². The molecule has 0 saturated carbocycles. The predicted molar refractivity (Wildman–Crippen MR) is 117 cm³/mol. The second kappa shape index (κ2) is 8.58. The number of rotatable bonds is 4. The highest BCUT2D eigenvalue weighted by atomic mass is 19.1. The lowest BCUT2D eigenvalue weighted by Crippen LogP contribution is -2.19. The molecule has 0 fully saturated rings. The molecule has 8 heteroatoms. The average Bonchev–Trinajstić information content (AvgIpc) is 2.80. The van der Waals surface area contributed by atoms with Crippen molar-refractivity contribution in [1.82, 2.24) is 15.3 Å². The number of carbonyl (C=O) groups excluding carboxylic acids is 2. The molecule has 4 aromatic rings. The van der Waals surface area contributed by atoms with Crippen molar-refractivity contribution in [3.63, 3.8) is 0 Å². The fraction of sp³-hybridized carbons (Fsp3) is 0.0435. The van der Waals surface area contributed by atoms with Crippen LogP contribution in [-0.2, 0) is 0 Å². The average molecular weight is 415 g/mol. The third kappa shape index (κ3) is 4.48. The van der Waals surface area contributed by atoms with Gasteiger partial charge in [0, 0.05) is 30.2 Å². The zero-order valence-electron chi connectivity index (χ0n) is 16.5. The van der Waals surface area contributed by atoms with Gasteiger partial charge in [0.05, 0.1) is 16.8 Å². The van der Waals surface area contributed by atoms with Gasteiger partial charge in [0.2, 0.25) is 0 Å². The summed E-state index contributed by atoms with van der Waals surface area (Å²) in [6, 6.07) is 17.3. The molecule has 3 N–H and O–H groups in total. The molecule has 0 unspecified atom stereocenters. The Hall–Kier alpha value is -4.33. The number of halogens is 1. The summed E-state index contributed by atoms with van der Waals surface area (Å²) in [5, 5.41) is 7.97. The maximum Gasteiger partial charge on any atom is 0.323 e. The summed E-state index contributed by atoms with van der Waals surface area (Å²) in [6.07, 6.45) is 1.62. The number of amides is 3. The molecule has 0 aliphatic rings. The van der Waals surface area contributed by atoms with Crippen LogP contribution in [0.1, 0.15) is 10.4 Å². The van der Waals surface area contributed by atoms with Gasteiger partial charge >= 0.3 is 6.03 Å². The van der Waals surface area contributed by atoms with Crippen molar-refractivity contribution in [3.05, 3.63) is 84.3 Å². The number of fused-ring (bicyclic) bond motifs is 1. The van der Waals surface area contributed by atoms with Crippen LogP contribution in [0.25, 0.3) is 22.3 Å². The highest BCUT2D eigenvalue weighted by Crippen LogP contribution is 2.25. The largest absolute Gasteiger partial charge is 0.355 e. The normalized spacial score (nSPS) is 10.5. The Morgan fingerprint density at radius 1 is 0.903 bits per heavy atom. The molecule has 2 aromatic carbocycles. The van der Waals surface area contributed by atoms with Crippen LogP contribution in [0, 0.1) is 5.82 Å². The highest BCUT2D eigenvalue weighted by molar-refractivity contribution is 6.05. The second-order valence-corrected chi connectivity index (χ2v) is 6.67. The summed E-state index contributed by atoms with van der Waals surface area (Å²) in [5.74, 6) is -0.623. The van der Waals surface area contributed by atoms with E-state index in [9.17, 15) is 14.0 Å². The van der Waals surface area contributed by atoms with E-state index in [1.54, 1.807) is 55.7 Å². The number of carbonyl (C=O) groups is 2. The molecule has 0 spiro atoms. The van der Waals surface area contributed by atoms with Crippen molar-refractivity contribution >= 4 is 34.3 Å². The quantitative estimate of drug-likeness (QED) is 0.459. The summed E-state index contributed by atoms with van der Waals surface area (Å²) in [5.41, 5.74) is 4.01. The molecule has 2 aromatic heterocycles. The van der Waals surface area contributed by atoms with Crippen molar-refractivity contribution < 1.29 is 14.0 Å². The van der Waals surface area contributed by atoms with Gasteiger partial charge < -0.3 is 16.0 Å². The second-order valence-electron chi connectivity index (χ2n) is 6.67. The summed E-state index contributed by atoms with van der Waals surface area (Å²) in [7, 11) is 1.56. The van der Waals surface area contributed by atoms with Crippen LogP contribution >= 0.6 is 0 Å². The SMILES string of the molecule is CNC(=O)c1cc(-c2ccc(NC(=O)Nc3ccc(F)cc3)cc2)nc2cccnc12. The van der Waals surface area contributed by atoms with Gasteiger partial charge in [0.15, 0.2) is 0 Å². The van der Waals surface area contributed by atoms with Gasteiger partial charge in [0.1, 0.15) is 11.3 Å². The van der Waals surface area contributed by atoms with Crippen LogP contribution in [0.4, 0.5) is 20.6 Å². The number of hydrogen-bond donors (Lipinski definition) is 3. The molecule has 0 saturated heterocycles. The topological polar surface area (TPSA) is 96.0 Å². The third-order valence-corrected chi connectivity index (χ3v) is 4.58. The molecule has 0 atom stereocenters. The first-order valence-corrected chi connectivity index (χ1v) is 9.45. The van der Waals surface area contributed by atoms with Crippen molar-refractivity contribution in [2.45, 2.75) is 0 Å². The van der Waals surface area contributed by atoms with E-state index in [0.29, 0.717) is 33.7 Å². The van der Waals surface area contributed by atoms with Crippen LogP contribution in [-0.4, -0.2) is 29.0 Å². The molecule has 0 bridgehead atoms. The minimum atomic E-state index is -0.448. The Kier molecular flexibility index (Phi) is 5.53. The molecular weight excluding hydrogens is 397 g/mol. The van der Waals surface area contributed by atoms with E-state index in [1.165, 1.54) is 24.3 Å². The highest BCUT2D eigenvalue weighted by Gasteiger charge is 2.14. The summed E-state index contributed by atoms with van der Waals surface area (Å²) in [6.45, 7) is 0. The summed E-state index contributed by atoms with van der Waals surface area (Å²) in [4.78, 5) is 33.3. The number of nitrogens with zero attached hydrogens (tertiary/aromatic N) is 2. The Bertz CT molecular complexity index is 1260. The van der Waals surface area contributed by atoms with E-state index < -0.39 is 6.03 Å². The van der Waals surface area contributed by atoms with Crippen LogP contribution in [0.3, 0.4) is 0 Å². The summed E-state index contributed by atoms with van der Waals surface area (Å²) < 4.78 is 13.0. The van der Waals surface area contributed by atoms with Crippen molar-refractivity contribution in [2.75, 3.05) is 17.7 Å². The lowest BCUT2D eigenvalue weighted by Gasteiger charge is -2.10. The molecule has 0 radical (unpaired) electrons.